The van der Waals surface area contributed by atoms with Crippen molar-refractivity contribution in [3.05, 3.63) is 81.0 Å². The number of benzene rings is 2. The van der Waals surface area contributed by atoms with Crippen molar-refractivity contribution in [3.63, 3.8) is 0 Å². The second-order valence-electron chi connectivity index (χ2n) is 7.69. The molecule has 0 saturated carbocycles. The average molecular weight is 405 g/mol. The smallest absolute Gasteiger partial charge is 0.269 e. The maximum absolute atomic E-state index is 11.7. The minimum absolute atomic E-state index is 0.0462. The molecule has 0 radical (unpaired) electrons. The van der Waals surface area contributed by atoms with Crippen LogP contribution in [-0.4, -0.2) is 28.5 Å². The van der Waals surface area contributed by atoms with Crippen LogP contribution in [-0.2, 0) is 11.2 Å². The van der Waals surface area contributed by atoms with Crippen molar-refractivity contribution in [2.24, 2.45) is 11.0 Å². The van der Waals surface area contributed by atoms with Gasteiger partial charge in [0.25, 0.3) is 5.69 Å². The molecule has 4 rings (SSSR count). The van der Waals surface area contributed by atoms with E-state index in [0.29, 0.717) is 0 Å². The number of aryl methyl sites for hydroxylation is 1. The molecule has 0 bridgehead atoms. The summed E-state index contributed by atoms with van der Waals surface area (Å²) in [5.74, 6) is 0.903. The molecule has 2 aromatic rings. The van der Waals surface area contributed by atoms with Crippen LogP contribution < -0.4 is 4.74 Å². The van der Waals surface area contributed by atoms with E-state index in [2.05, 4.69) is 6.07 Å². The van der Waals surface area contributed by atoms with Gasteiger partial charge in [-0.3, -0.25) is 19.9 Å². The first-order chi connectivity index (χ1) is 14.4. The van der Waals surface area contributed by atoms with Crippen LogP contribution in [0.25, 0.3) is 0 Å². The average Bonchev–Trinajstić information content (AvgIpc) is 3.13. The van der Waals surface area contributed by atoms with E-state index in [1.807, 2.05) is 24.1 Å². The number of non-ortho nitro benzene ring substituents is 1. The highest BCUT2D eigenvalue weighted by Gasteiger charge is 2.42. The molecule has 0 spiro atoms. The van der Waals surface area contributed by atoms with E-state index in [9.17, 15) is 14.9 Å². The Balaban J connectivity index is 1.79. The SMILES string of the molecule is COc1ccc2c(c1)CCC1C2=NN(/C(C)=C/C(C)=O)C1c1ccc([N+](=O)[O-])cc1. The Bertz CT molecular complexity index is 1070. The largest absolute Gasteiger partial charge is 0.497 e. The fourth-order valence-electron chi connectivity index (χ4n) is 4.41. The number of hydrogen-bond acceptors (Lipinski definition) is 6. The minimum Gasteiger partial charge on any atom is -0.497 e. The molecule has 2 unspecified atom stereocenters. The van der Waals surface area contributed by atoms with Gasteiger partial charge in [0.2, 0.25) is 0 Å². The molecular weight excluding hydrogens is 382 g/mol. The fraction of sp³-hybridized carbons (Fsp3) is 0.304. The summed E-state index contributed by atoms with van der Waals surface area (Å²) in [5.41, 5.74) is 5.03. The lowest BCUT2D eigenvalue weighted by Gasteiger charge is -2.31. The van der Waals surface area contributed by atoms with Crippen molar-refractivity contribution in [3.8, 4) is 5.75 Å². The number of carbonyl (C=O) groups is 1. The molecule has 0 aromatic heterocycles. The zero-order valence-electron chi connectivity index (χ0n) is 17.2. The Morgan fingerprint density at radius 2 is 1.97 bits per heavy atom. The number of nitro benzene ring substituents is 1. The van der Waals surface area contributed by atoms with E-state index in [1.165, 1.54) is 24.6 Å². The number of hydrazone groups is 1. The zero-order chi connectivity index (χ0) is 21.4. The van der Waals surface area contributed by atoms with Crippen molar-refractivity contribution in [2.75, 3.05) is 7.11 Å². The zero-order valence-corrected chi connectivity index (χ0v) is 17.2. The number of nitro groups is 1. The Morgan fingerprint density at radius 1 is 1.23 bits per heavy atom. The highest BCUT2D eigenvalue weighted by molar-refractivity contribution is 6.06. The molecule has 1 heterocycles. The van der Waals surface area contributed by atoms with Crippen molar-refractivity contribution >= 4 is 17.2 Å². The summed E-state index contributed by atoms with van der Waals surface area (Å²) in [6, 6.07) is 12.5. The number of allylic oxidation sites excluding steroid dienone is 2. The number of nitrogens with zero attached hydrogens (tertiary/aromatic N) is 3. The molecule has 0 N–H and O–H groups in total. The van der Waals surface area contributed by atoms with Gasteiger partial charge >= 0.3 is 0 Å². The van der Waals surface area contributed by atoms with Crippen LogP contribution >= 0.6 is 0 Å². The lowest BCUT2D eigenvalue weighted by atomic mass is 9.77. The van der Waals surface area contributed by atoms with Crippen LogP contribution in [0.1, 0.15) is 43.0 Å². The topological polar surface area (TPSA) is 85.0 Å². The van der Waals surface area contributed by atoms with Crippen molar-refractivity contribution in [1.29, 1.82) is 0 Å². The molecule has 0 amide bonds. The first-order valence-electron chi connectivity index (χ1n) is 9.87. The normalized spacial score (nSPS) is 20.3. The quantitative estimate of drug-likeness (QED) is 0.418. The summed E-state index contributed by atoms with van der Waals surface area (Å²) in [6.45, 7) is 3.39. The predicted molar refractivity (Wildman–Crippen MR) is 113 cm³/mol. The summed E-state index contributed by atoms with van der Waals surface area (Å²) in [6.07, 6.45) is 3.36. The number of ketones is 1. The minimum atomic E-state index is -0.400. The van der Waals surface area contributed by atoms with Gasteiger partial charge in [0, 0.05) is 35.4 Å². The molecule has 2 aliphatic rings. The molecule has 154 valence electrons. The van der Waals surface area contributed by atoms with Gasteiger partial charge in [0.05, 0.1) is 23.8 Å². The standard InChI is InChI=1S/C23H23N3O4/c1-14(12-15(2)27)25-23(16-4-7-18(8-5-16)26(28)29)21-10-6-17-13-19(30-3)9-11-20(17)22(21)24-25/h4-5,7-9,11-13,21,23H,6,10H2,1-3H3/b14-12+. The van der Waals surface area contributed by atoms with E-state index in [0.717, 1.165) is 41.1 Å². The summed E-state index contributed by atoms with van der Waals surface area (Å²) < 4.78 is 5.36. The van der Waals surface area contributed by atoms with E-state index in [4.69, 9.17) is 9.84 Å². The summed E-state index contributed by atoms with van der Waals surface area (Å²) in [7, 11) is 1.66. The first kappa shape index (κ1) is 19.8. The van der Waals surface area contributed by atoms with Crippen LogP contribution in [0.3, 0.4) is 0 Å². The Kier molecular flexibility index (Phi) is 5.11. The Labute approximate surface area is 174 Å². The van der Waals surface area contributed by atoms with Crippen LogP contribution in [0.5, 0.6) is 5.75 Å². The monoisotopic (exact) mass is 405 g/mol. The number of hydrogen-bond donors (Lipinski definition) is 0. The van der Waals surface area contributed by atoms with Crippen molar-refractivity contribution in [1.82, 2.24) is 5.01 Å². The van der Waals surface area contributed by atoms with Crippen molar-refractivity contribution in [2.45, 2.75) is 32.7 Å². The van der Waals surface area contributed by atoms with Gasteiger partial charge in [0.1, 0.15) is 5.75 Å². The lowest BCUT2D eigenvalue weighted by molar-refractivity contribution is -0.384. The highest BCUT2D eigenvalue weighted by Crippen LogP contribution is 2.45. The van der Waals surface area contributed by atoms with Crippen LogP contribution in [0.4, 0.5) is 5.69 Å². The van der Waals surface area contributed by atoms with Crippen LogP contribution in [0, 0.1) is 16.0 Å². The van der Waals surface area contributed by atoms with Crippen molar-refractivity contribution < 1.29 is 14.5 Å². The summed E-state index contributed by atoms with van der Waals surface area (Å²) in [4.78, 5) is 22.4. The van der Waals surface area contributed by atoms with Crippen LogP contribution in [0.15, 0.2) is 59.3 Å². The van der Waals surface area contributed by atoms with Gasteiger partial charge in [-0.05, 0) is 56.0 Å². The Hall–Kier alpha value is -3.48. The fourth-order valence-corrected chi connectivity index (χ4v) is 4.41. The molecule has 2 atom stereocenters. The van der Waals surface area contributed by atoms with Gasteiger partial charge in [-0.2, -0.15) is 5.10 Å². The van der Waals surface area contributed by atoms with Gasteiger partial charge in [0.15, 0.2) is 5.78 Å². The maximum Gasteiger partial charge on any atom is 0.269 e. The van der Waals surface area contributed by atoms with Gasteiger partial charge < -0.3 is 4.74 Å². The first-order valence-corrected chi connectivity index (χ1v) is 9.87. The molecule has 7 nitrogen and oxygen atoms in total. The van der Waals surface area contributed by atoms with E-state index in [-0.39, 0.29) is 23.4 Å². The van der Waals surface area contributed by atoms with Gasteiger partial charge in [-0.25, -0.2) is 0 Å². The number of ether oxygens (including phenoxy) is 1. The molecule has 0 saturated heterocycles. The molecular formula is C23H23N3O4. The molecule has 30 heavy (non-hydrogen) atoms. The van der Waals surface area contributed by atoms with Crippen LogP contribution in [0.2, 0.25) is 0 Å². The molecule has 0 fully saturated rings. The number of rotatable bonds is 5. The second kappa shape index (κ2) is 7.74. The number of methoxy groups -OCH3 is 1. The van der Waals surface area contributed by atoms with Gasteiger partial charge in [-0.15, -0.1) is 0 Å². The highest BCUT2D eigenvalue weighted by atomic mass is 16.6. The second-order valence-corrected chi connectivity index (χ2v) is 7.69. The Morgan fingerprint density at radius 3 is 2.60 bits per heavy atom. The lowest BCUT2D eigenvalue weighted by Crippen LogP contribution is -2.28. The number of fused-ring (bicyclic) bond motifs is 3. The van der Waals surface area contributed by atoms with Gasteiger partial charge in [-0.1, -0.05) is 12.1 Å². The molecule has 1 aliphatic carbocycles. The molecule has 2 aromatic carbocycles. The molecule has 7 heteroatoms. The third-order valence-corrected chi connectivity index (χ3v) is 5.74. The maximum atomic E-state index is 11.7. The summed E-state index contributed by atoms with van der Waals surface area (Å²) >= 11 is 0. The number of carbonyl (C=O) groups excluding carboxylic acids is 1. The van der Waals surface area contributed by atoms with E-state index in [1.54, 1.807) is 25.3 Å². The molecule has 1 aliphatic heterocycles. The third kappa shape index (κ3) is 3.47. The summed E-state index contributed by atoms with van der Waals surface area (Å²) in [5, 5.41) is 17.9. The predicted octanol–water partition coefficient (Wildman–Crippen LogP) is 4.42. The van der Waals surface area contributed by atoms with E-state index >= 15 is 0 Å². The third-order valence-electron chi connectivity index (χ3n) is 5.74. The van der Waals surface area contributed by atoms with E-state index < -0.39 is 4.92 Å².